The summed E-state index contributed by atoms with van der Waals surface area (Å²) in [5.74, 6) is 0.0930. The van der Waals surface area contributed by atoms with E-state index in [9.17, 15) is 9.59 Å². The molecule has 2 amide bonds. The Bertz CT molecular complexity index is 869. The number of nitrogens with zero attached hydrogens (tertiary/aromatic N) is 2. The molecule has 2 atom stereocenters. The van der Waals surface area contributed by atoms with E-state index in [1.54, 1.807) is 0 Å². The van der Waals surface area contributed by atoms with Gasteiger partial charge in [-0.25, -0.2) is 10.9 Å². The smallest absolute Gasteiger partial charge is 0.241 e. The molecule has 0 spiro atoms. The predicted molar refractivity (Wildman–Crippen MR) is 120 cm³/mol. The minimum absolute atomic E-state index is 0.0278. The van der Waals surface area contributed by atoms with Crippen molar-refractivity contribution in [1.29, 1.82) is 0 Å². The fourth-order valence-electron chi connectivity index (χ4n) is 3.90. The van der Waals surface area contributed by atoms with Gasteiger partial charge in [-0.15, -0.1) is 0 Å². The van der Waals surface area contributed by atoms with Crippen LogP contribution in [0.4, 0.5) is 5.69 Å². The largest absolute Gasteiger partial charge is 0.339 e. The van der Waals surface area contributed by atoms with E-state index in [1.807, 2.05) is 47.4 Å². The van der Waals surface area contributed by atoms with Crippen LogP contribution in [0.25, 0.3) is 0 Å². The molecule has 0 saturated carbocycles. The van der Waals surface area contributed by atoms with Gasteiger partial charge in [0.25, 0.3) is 0 Å². The van der Waals surface area contributed by atoms with Crippen LogP contribution in [0.2, 0.25) is 0 Å². The molecule has 0 aliphatic carbocycles. The lowest BCUT2D eigenvalue weighted by molar-refractivity contribution is -0.135. The molecule has 2 heterocycles. The first kappa shape index (κ1) is 21.0. The number of piperazine rings is 1. The van der Waals surface area contributed by atoms with E-state index < -0.39 is 0 Å². The van der Waals surface area contributed by atoms with Crippen LogP contribution in [0.5, 0.6) is 0 Å². The van der Waals surface area contributed by atoms with Gasteiger partial charge in [-0.2, -0.15) is 0 Å². The van der Waals surface area contributed by atoms with E-state index in [0.29, 0.717) is 32.7 Å². The van der Waals surface area contributed by atoms with Crippen LogP contribution in [-0.4, -0.2) is 60.4 Å². The highest BCUT2D eigenvalue weighted by Crippen LogP contribution is 2.24. The SMILES string of the molecule is O=C(CN1CCN(C(=O)C2CC(c3ccc(Br)cc3)NN2)CC1)Nc1ccccc1. The number of hydrogen-bond acceptors (Lipinski definition) is 5. The molecule has 4 rings (SSSR count). The summed E-state index contributed by atoms with van der Waals surface area (Å²) in [6, 6.07) is 17.5. The monoisotopic (exact) mass is 471 g/mol. The van der Waals surface area contributed by atoms with Gasteiger partial charge in [-0.1, -0.05) is 46.3 Å². The normalized spacial score (nSPS) is 22.1. The minimum Gasteiger partial charge on any atom is -0.339 e. The number of para-hydroxylation sites is 1. The van der Waals surface area contributed by atoms with Gasteiger partial charge in [-0.05, 0) is 36.2 Å². The molecule has 2 aliphatic heterocycles. The second-order valence-electron chi connectivity index (χ2n) is 7.70. The third kappa shape index (κ3) is 5.26. The first-order chi connectivity index (χ1) is 14.6. The lowest BCUT2D eigenvalue weighted by Gasteiger charge is -2.35. The van der Waals surface area contributed by atoms with Crippen molar-refractivity contribution in [3.8, 4) is 0 Å². The fourth-order valence-corrected chi connectivity index (χ4v) is 4.17. The van der Waals surface area contributed by atoms with Crippen molar-refractivity contribution in [2.24, 2.45) is 0 Å². The Morgan fingerprint density at radius 2 is 1.67 bits per heavy atom. The van der Waals surface area contributed by atoms with E-state index in [1.165, 1.54) is 0 Å². The van der Waals surface area contributed by atoms with Crippen LogP contribution < -0.4 is 16.2 Å². The average Bonchev–Trinajstić information content (AvgIpc) is 3.25. The number of halogens is 1. The number of carbonyl (C=O) groups excluding carboxylic acids is 2. The maximum atomic E-state index is 12.9. The van der Waals surface area contributed by atoms with Crippen molar-refractivity contribution in [3.05, 3.63) is 64.6 Å². The molecule has 2 aromatic rings. The number of benzene rings is 2. The Morgan fingerprint density at radius 1 is 0.967 bits per heavy atom. The van der Waals surface area contributed by atoms with E-state index in [4.69, 9.17) is 0 Å². The van der Waals surface area contributed by atoms with Crippen LogP contribution in [0.15, 0.2) is 59.1 Å². The van der Waals surface area contributed by atoms with Gasteiger partial charge in [0.15, 0.2) is 0 Å². The highest BCUT2D eigenvalue weighted by atomic mass is 79.9. The lowest BCUT2D eigenvalue weighted by atomic mass is 10.0. The van der Waals surface area contributed by atoms with Crippen molar-refractivity contribution in [2.75, 3.05) is 38.0 Å². The molecule has 0 radical (unpaired) electrons. The first-order valence-corrected chi connectivity index (χ1v) is 11.0. The Balaban J connectivity index is 1.22. The zero-order valence-corrected chi connectivity index (χ0v) is 18.3. The molecule has 7 nitrogen and oxygen atoms in total. The number of anilines is 1. The van der Waals surface area contributed by atoms with E-state index in [-0.39, 0.29) is 23.9 Å². The van der Waals surface area contributed by atoms with E-state index in [0.717, 1.165) is 22.1 Å². The maximum Gasteiger partial charge on any atom is 0.241 e. The standard InChI is InChI=1S/C22H26BrN5O2/c23-17-8-6-16(7-9-17)19-14-20(26-25-19)22(30)28-12-10-27(11-13-28)15-21(29)24-18-4-2-1-3-5-18/h1-9,19-20,25-26H,10-15H2,(H,24,29). The van der Waals surface area contributed by atoms with Crippen molar-refractivity contribution in [2.45, 2.75) is 18.5 Å². The van der Waals surface area contributed by atoms with Gasteiger partial charge < -0.3 is 10.2 Å². The predicted octanol–water partition coefficient (Wildman–Crippen LogP) is 2.14. The lowest BCUT2D eigenvalue weighted by Crippen LogP contribution is -2.54. The van der Waals surface area contributed by atoms with Gasteiger partial charge >= 0.3 is 0 Å². The van der Waals surface area contributed by atoms with Crippen molar-refractivity contribution < 1.29 is 9.59 Å². The third-order valence-corrected chi connectivity index (χ3v) is 6.11. The molecular weight excluding hydrogens is 446 g/mol. The summed E-state index contributed by atoms with van der Waals surface area (Å²) in [4.78, 5) is 29.2. The molecule has 2 aromatic carbocycles. The number of rotatable bonds is 5. The summed E-state index contributed by atoms with van der Waals surface area (Å²) in [6.07, 6.45) is 0.722. The van der Waals surface area contributed by atoms with Crippen LogP contribution in [0, 0.1) is 0 Å². The summed E-state index contributed by atoms with van der Waals surface area (Å²) in [6.45, 7) is 3.01. The molecule has 158 valence electrons. The van der Waals surface area contributed by atoms with E-state index >= 15 is 0 Å². The first-order valence-electron chi connectivity index (χ1n) is 10.2. The summed E-state index contributed by atoms with van der Waals surface area (Å²) in [7, 11) is 0. The Hall–Kier alpha value is -2.26. The number of nitrogens with one attached hydrogen (secondary N) is 3. The van der Waals surface area contributed by atoms with Crippen LogP contribution in [0.3, 0.4) is 0 Å². The molecule has 3 N–H and O–H groups in total. The van der Waals surface area contributed by atoms with Crippen molar-refractivity contribution >= 4 is 33.4 Å². The Morgan fingerprint density at radius 3 is 2.37 bits per heavy atom. The Kier molecular flexibility index (Phi) is 6.79. The summed E-state index contributed by atoms with van der Waals surface area (Å²) in [5.41, 5.74) is 8.37. The molecule has 0 aromatic heterocycles. The van der Waals surface area contributed by atoms with Gasteiger partial charge in [0.05, 0.1) is 6.54 Å². The second-order valence-corrected chi connectivity index (χ2v) is 8.61. The quantitative estimate of drug-likeness (QED) is 0.622. The third-order valence-electron chi connectivity index (χ3n) is 5.58. The Labute approximate surface area is 184 Å². The number of hydrogen-bond donors (Lipinski definition) is 3. The topological polar surface area (TPSA) is 76.7 Å². The molecular formula is C22H26BrN5O2. The molecule has 2 unspecified atom stereocenters. The van der Waals surface area contributed by atoms with Crippen LogP contribution in [0.1, 0.15) is 18.0 Å². The van der Waals surface area contributed by atoms with Gasteiger partial charge in [0.1, 0.15) is 6.04 Å². The highest BCUT2D eigenvalue weighted by molar-refractivity contribution is 9.10. The van der Waals surface area contributed by atoms with Gasteiger partial charge in [0.2, 0.25) is 11.8 Å². The minimum atomic E-state index is -0.230. The van der Waals surface area contributed by atoms with Crippen molar-refractivity contribution in [1.82, 2.24) is 20.7 Å². The van der Waals surface area contributed by atoms with E-state index in [2.05, 4.69) is 49.1 Å². The molecule has 2 aliphatic rings. The van der Waals surface area contributed by atoms with Gasteiger partial charge in [-0.3, -0.25) is 14.5 Å². The average molecular weight is 472 g/mol. The molecule has 2 saturated heterocycles. The fraction of sp³-hybridized carbons (Fsp3) is 0.364. The highest BCUT2D eigenvalue weighted by Gasteiger charge is 2.34. The van der Waals surface area contributed by atoms with Crippen LogP contribution >= 0.6 is 15.9 Å². The second kappa shape index (κ2) is 9.70. The molecule has 0 bridgehead atoms. The molecule has 8 heteroatoms. The van der Waals surface area contributed by atoms with Gasteiger partial charge in [0, 0.05) is 42.4 Å². The van der Waals surface area contributed by atoms with Crippen LogP contribution in [-0.2, 0) is 9.59 Å². The molecule has 30 heavy (non-hydrogen) atoms. The zero-order chi connectivity index (χ0) is 20.9. The number of amides is 2. The van der Waals surface area contributed by atoms with Crippen molar-refractivity contribution in [3.63, 3.8) is 0 Å². The summed E-state index contributed by atoms with van der Waals surface area (Å²) in [5, 5.41) is 2.91. The zero-order valence-electron chi connectivity index (χ0n) is 16.7. The summed E-state index contributed by atoms with van der Waals surface area (Å²) < 4.78 is 1.04. The number of carbonyl (C=O) groups is 2. The summed E-state index contributed by atoms with van der Waals surface area (Å²) >= 11 is 3.45. The maximum absolute atomic E-state index is 12.9. The number of hydrazine groups is 1. The molecule has 2 fully saturated rings.